The monoisotopic (exact) mass is 486 g/mol. The van der Waals surface area contributed by atoms with Crippen molar-refractivity contribution in [1.82, 2.24) is 10.3 Å². The van der Waals surface area contributed by atoms with Crippen LogP contribution in [0.15, 0.2) is 57.0 Å². The second-order valence-electron chi connectivity index (χ2n) is 7.01. The molecule has 1 atom stereocenters. The Kier molecular flexibility index (Phi) is 6.43. The van der Waals surface area contributed by atoms with E-state index in [0.29, 0.717) is 16.6 Å². The van der Waals surface area contributed by atoms with Crippen LogP contribution in [0.4, 0.5) is 0 Å². The maximum Gasteiger partial charge on any atom is 0.276 e. The number of benzene rings is 2. The standard InChI is InChI=1S/C22H23BrN4O2S/c1-3-4-7-12-30-22-25-21(28)19-16-13-14(23)10-11-17(16)24-20(27(19)26-22)15-8-5-6-9-18(15)29-2/h5-6,8-11,13,20H,3-4,7,12H2,1-2H3,(H,25,26,28). The topological polar surface area (TPSA) is 66.3 Å². The lowest BCUT2D eigenvalue weighted by Gasteiger charge is -2.34. The highest BCUT2D eigenvalue weighted by molar-refractivity contribution is 9.10. The Morgan fingerprint density at radius 1 is 1.23 bits per heavy atom. The number of halogens is 1. The maximum absolute atomic E-state index is 13.2. The van der Waals surface area contributed by atoms with Crippen LogP contribution in [0.3, 0.4) is 0 Å². The number of amides is 1. The normalized spacial score (nSPS) is 17.5. The van der Waals surface area contributed by atoms with Gasteiger partial charge in [0.25, 0.3) is 5.91 Å². The predicted molar refractivity (Wildman–Crippen MR) is 123 cm³/mol. The molecule has 1 N–H and O–H groups in total. The first-order chi connectivity index (χ1) is 14.6. The van der Waals surface area contributed by atoms with Crippen LogP contribution >= 0.6 is 27.7 Å². The van der Waals surface area contributed by atoms with Crippen LogP contribution < -0.4 is 20.6 Å². The van der Waals surface area contributed by atoms with Gasteiger partial charge in [-0.25, -0.2) is 5.01 Å². The second-order valence-corrected chi connectivity index (χ2v) is 9.01. The molecule has 2 aromatic rings. The van der Waals surface area contributed by atoms with E-state index in [1.165, 1.54) is 0 Å². The minimum Gasteiger partial charge on any atom is -0.496 e. The molecule has 0 aromatic heterocycles. The van der Waals surface area contributed by atoms with E-state index in [0.717, 1.165) is 45.6 Å². The minimum absolute atomic E-state index is 0.169. The number of nitrogens with one attached hydrogen (secondary N) is 1. The number of unbranched alkanes of at least 4 members (excludes halogenated alkanes) is 2. The number of carbonyl (C=O) groups is 1. The van der Waals surface area contributed by atoms with Gasteiger partial charge < -0.3 is 4.74 Å². The highest BCUT2D eigenvalue weighted by Crippen LogP contribution is 2.35. The zero-order chi connectivity index (χ0) is 21.1. The highest BCUT2D eigenvalue weighted by Gasteiger charge is 2.35. The molecule has 2 heterocycles. The van der Waals surface area contributed by atoms with Gasteiger partial charge >= 0.3 is 0 Å². The van der Waals surface area contributed by atoms with Crippen molar-refractivity contribution in [1.29, 1.82) is 0 Å². The molecule has 8 heteroatoms. The van der Waals surface area contributed by atoms with E-state index in [-0.39, 0.29) is 5.91 Å². The van der Waals surface area contributed by atoms with Crippen molar-refractivity contribution in [3.63, 3.8) is 0 Å². The van der Waals surface area contributed by atoms with E-state index >= 15 is 0 Å². The Morgan fingerprint density at radius 3 is 2.87 bits per heavy atom. The number of hydrazone groups is 1. The number of hydrogen-bond acceptors (Lipinski definition) is 6. The van der Waals surface area contributed by atoms with Gasteiger partial charge in [0.05, 0.1) is 12.5 Å². The lowest BCUT2D eigenvalue weighted by Crippen LogP contribution is -2.50. The Balaban J connectivity index is 1.83. The van der Waals surface area contributed by atoms with Gasteiger partial charge in [0, 0.05) is 21.0 Å². The number of thioether (sulfide) groups is 1. The highest BCUT2D eigenvalue weighted by atomic mass is 79.9. The van der Waals surface area contributed by atoms with E-state index in [4.69, 9.17) is 14.8 Å². The molecule has 0 fully saturated rings. The summed E-state index contributed by atoms with van der Waals surface area (Å²) in [6.45, 7) is 2.18. The number of carbonyl (C=O) groups excluding carboxylic acids is 1. The van der Waals surface area contributed by atoms with Crippen molar-refractivity contribution in [2.24, 2.45) is 10.1 Å². The molecule has 2 aliphatic heterocycles. The zero-order valence-electron chi connectivity index (χ0n) is 16.9. The number of nitrogens with zero attached hydrogens (tertiary/aromatic N) is 3. The minimum atomic E-state index is -0.484. The molecular weight excluding hydrogens is 464 g/mol. The van der Waals surface area contributed by atoms with Gasteiger partial charge in [0.1, 0.15) is 11.4 Å². The zero-order valence-corrected chi connectivity index (χ0v) is 19.3. The Bertz CT molecular complexity index is 1120. The second kappa shape index (κ2) is 9.22. The summed E-state index contributed by atoms with van der Waals surface area (Å²) >= 11 is 5.07. The SMILES string of the molecule is CCCCCSC1=NN2C(=c3cc(Br)ccc3=NC2c2ccccc2OC)C(=O)N1. The number of fused-ring (bicyclic) bond motifs is 2. The number of rotatable bonds is 6. The molecule has 0 spiro atoms. The fourth-order valence-electron chi connectivity index (χ4n) is 3.52. The van der Waals surface area contributed by atoms with Crippen molar-refractivity contribution < 1.29 is 9.53 Å². The Morgan fingerprint density at radius 2 is 2.07 bits per heavy atom. The first-order valence-electron chi connectivity index (χ1n) is 9.95. The van der Waals surface area contributed by atoms with E-state index in [1.807, 2.05) is 42.5 Å². The van der Waals surface area contributed by atoms with Crippen LogP contribution in [0.5, 0.6) is 5.75 Å². The number of para-hydroxylation sites is 1. The first kappa shape index (κ1) is 20.9. The summed E-state index contributed by atoms with van der Waals surface area (Å²) in [6.07, 6.45) is 2.92. The van der Waals surface area contributed by atoms with Crippen molar-refractivity contribution in [2.75, 3.05) is 12.9 Å². The van der Waals surface area contributed by atoms with E-state index in [9.17, 15) is 4.79 Å². The molecule has 0 radical (unpaired) electrons. The predicted octanol–water partition coefficient (Wildman–Crippen LogP) is 3.52. The van der Waals surface area contributed by atoms with Crippen LogP contribution in [0, 0.1) is 0 Å². The van der Waals surface area contributed by atoms with E-state index in [2.05, 4.69) is 28.2 Å². The fourth-order valence-corrected chi connectivity index (χ4v) is 4.73. The molecule has 1 unspecified atom stereocenters. The molecule has 0 aliphatic carbocycles. The van der Waals surface area contributed by atoms with Gasteiger partial charge in [-0.15, -0.1) is 5.10 Å². The fraction of sp³-hybridized carbons (Fsp3) is 0.318. The number of hydrogen-bond donors (Lipinski definition) is 1. The van der Waals surface area contributed by atoms with Crippen LogP contribution in [0.2, 0.25) is 0 Å². The van der Waals surface area contributed by atoms with Crippen molar-refractivity contribution in [3.05, 3.63) is 63.1 Å². The molecule has 0 saturated carbocycles. The summed E-state index contributed by atoms with van der Waals surface area (Å²) in [5.41, 5.74) is 1.36. The number of methoxy groups -OCH3 is 1. The molecule has 2 aliphatic rings. The smallest absolute Gasteiger partial charge is 0.276 e. The Labute approximate surface area is 188 Å². The van der Waals surface area contributed by atoms with Gasteiger partial charge in [-0.1, -0.05) is 65.7 Å². The van der Waals surface area contributed by atoms with Crippen molar-refractivity contribution >= 4 is 44.5 Å². The molecule has 2 aromatic carbocycles. The molecule has 0 bridgehead atoms. The average Bonchev–Trinajstić information content (AvgIpc) is 2.76. The maximum atomic E-state index is 13.2. The van der Waals surface area contributed by atoms with Crippen molar-refractivity contribution in [2.45, 2.75) is 32.4 Å². The van der Waals surface area contributed by atoms with Gasteiger partial charge in [-0.2, -0.15) is 0 Å². The summed E-state index contributed by atoms with van der Waals surface area (Å²) in [4.78, 5) is 18.1. The average molecular weight is 487 g/mol. The lowest BCUT2D eigenvalue weighted by molar-refractivity contribution is -0.116. The van der Waals surface area contributed by atoms with Crippen LogP contribution in [0.1, 0.15) is 37.9 Å². The Hall–Kier alpha value is -2.32. The molecule has 4 rings (SSSR count). The summed E-state index contributed by atoms with van der Waals surface area (Å²) in [5, 5.41) is 11.6. The number of amidine groups is 1. The first-order valence-corrected chi connectivity index (χ1v) is 11.7. The van der Waals surface area contributed by atoms with Crippen LogP contribution in [-0.4, -0.2) is 28.9 Å². The number of ether oxygens (including phenoxy) is 1. The molecule has 0 saturated heterocycles. The van der Waals surface area contributed by atoms with E-state index in [1.54, 1.807) is 23.9 Å². The third-order valence-corrected chi connectivity index (χ3v) is 6.42. The summed E-state index contributed by atoms with van der Waals surface area (Å²) in [5.74, 6) is 1.45. The van der Waals surface area contributed by atoms with Crippen LogP contribution in [-0.2, 0) is 4.79 Å². The molecule has 1 amide bonds. The summed E-state index contributed by atoms with van der Waals surface area (Å²) in [7, 11) is 1.64. The van der Waals surface area contributed by atoms with Crippen molar-refractivity contribution in [3.8, 4) is 5.75 Å². The van der Waals surface area contributed by atoms with Crippen LogP contribution in [0.25, 0.3) is 5.70 Å². The van der Waals surface area contributed by atoms with E-state index < -0.39 is 6.17 Å². The van der Waals surface area contributed by atoms with Gasteiger partial charge in [-0.05, 0) is 30.7 Å². The largest absolute Gasteiger partial charge is 0.496 e. The summed E-state index contributed by atoms with van der Waals surface area (Å²) < 4.78 is 6.46. The van der Waals surface area contributed by atoms with Gasteiger partial charge in [0.2, 0.25) is 0 Å². The quantitative estimate of drug-likeness (QED) is 0.634. The molecule has 156 valence electrons. The third-order valence-electron chi connectivity index (χ3n) is 4.97. The lowest BCUT2D eigenvalue weighted by atomic mass is 10.1. The molecular formula is C22H23BrN4O2S. The van der Waals surface area contributed by atoms with Gasteiger partial charge in [0.15, 0.2) is 11.3 Å². The molecule has 30 heavy (non-hydrogen) atoms. The molecule has 6 nitrogen and oxygen atoms in total. The van der Waals surface area contributed by atoms with Gasteiger partial charge in [-0.3, -0.25) is 15.1 Å². The third kappa shape index (κ3) is 4.11. The summed E-state index contributed by atoms with van der Waals surface area (Å²) in [6, 6.07) is 13.5.